The summed E-state index contributed by atoms with van der Waals surface area (Å²) >= 11 is 0. The number of piperazine rings is 1. The molecular formula is C23H32N4O2+2. The van der Waals surface area contributed by atoms with Gasteiger partial charge in [0.05, 0.1) is 0 Å². The second kappa shape index (κ2) is 9.37. The van der Waals surface area contributed by atoms with Crippen LogP contribution in [0.4, 0.5) is 4.79 Å². The zero-order chi connectivity index (χ0) is 20.1. The number of rotatable bonds is 5. The third kappa shape index (κ3) is 5.34. The predicted molar refractivity (Wildman–Crippen MR) is 113 cm³/mol. The maximum atomic E-state index is 12.2. The lowest BCUT2D eigenvalue weighted by molar-refractivity contribution is -1.02. The fourth-order valence-electron chi connectivity index (χ4n) is 4.72. The number of quaternary nitrogens is 2. The van der Waals surface area contributed by atoms with Gasteiger partial charge in [-0.3, -0.25) is 10.1 Å². The van der Waals surface area contributed by atoms with Crippen LogP contribution in [0.3, 0.4) is 0 Å². The Hall–Kier alpha value is -2.44. The molecule has 1 aliphatic heterocycles. The van der Waals surface area contributed by atoms with E-state index in [1.807, 2.05) is 0 Å². The molecular weight excluding hydrogens is 364 g/mol. The number of nitrogens with one attached hydrogen (secondary N) is 4. The van der Waals surface area contributed by atoms with Crippen molar-refractivity contribution in [2.45, 2.75) is 38.3 Å². The molecule has 4 N–H and O–H groups in total. The van der Waals surface area contributed by atoms with Gasteiger partial charge in [-0.05, 0) is 23.6 Å². The second-order valence-electron chi connectivity index (χ2n) is 8.49. The molecule has 0 radical (unpaired) electrons. The molecule has 6 nitrogen and oxygen atoms in total. The van der Waals surface area contributed by atoms with Crippen molar-refractivity contribution in [2.75, 3.05) is 32.7 Å². The molecule has 2 aromatic rings. The fourth-order valence-corrected chi connectivity index (χ4v) is 4.72. The van der Waals surface area contributed by atoms with E-state index in [1.54, 1.807) is 4.90 Å². The van der Waals surface area contributed by atoms with E-state index in [4.69, 9.17) is 0 Å². The molecule has 2 aliphatic rings. The Labute approximate surface area is 172 Å². The van der Waals surface area contributed by atoms with Gasteiger partial charge in [0.25, 0.3) is 5.91 Å². The standard InChI is InChI=1S/C23H30N4O2/c28-22(25-23(29)24-20-9-2-3-10-20)17-27-14-12-26(13-15-27)16-19-8-5-7-18-6-1-4-11-21(18)19/h1,4-8,11,20H,2-3,9-10,12-17H2,(H2,24,25,28,29)/p+2. The van der Waals surface area contributed by atoms with Crippen molar-refractivity contribution < 1.29 is 19.4 Å². The monoisotopic (exact) mass is 396 g/mol. The first-order chi connectivity index (χ1) is 14.2. The summed E-state index contributed by atoms with van der Waals surface area (Å²) in [6, 6.07) is 15.0. The van der Waals surface area contributed by atoms with Crippen molar-refractivity contribution in [2.24, 2.45) is 0 Å². The van der Waals surface area contributed by atoms with Crippen molar-refractivity contribution in [1.82, 2.24) is 10.6 Å². The first kappa shape index (κ1) is 19.9. The van der Waals surface area contributed by atoms with Crippen LogP contribution in [0.15, 0.2) is 42.5 Å². The van der Waals surface area contributed by atoms with Gasteiger partial charge in [0.2, 0.25) is 0 Å². The zero-order valence-corrected chi connectivity index (χ0v) is 17.0. The van der Waals surface area contributed by atoms with Gasteiger partial charge in [0, 0.05) is 11.6 Å². The van der Waals surface area contributed by atoms with Crippen LogP contribution in [0, 0.1) is 0 Å². The second-order valence-corrected chi connectivity index (χ2v) is 8.49. The Kier molecular flexibility index (Phi) is 6.42. The molecule has 1 saturated carbocycles. The predicted octanol–water partition coefficient (Wildman–Crippen LogP) is -0.108. The van der Waals surface area contributed by atoms with Crippen molar-refractivity contribution in [3.8, 4) is 0 Å². The average Bonchev–Trinajstić information content (AvgIpc) is 3.22. The highest BCUT2D eigenvalue weighted by Crippen LogP contribution is 2.18. The Morgan fingerprint density at radius 3 is 2.38 bits per heavy atom. The Balaban J connectivity index is 1.22. The summed E-state index contributed by atoms with van der Waals surface area (Å²) in [6.07, 6.45) is 4.37. The van der Waals surface area contributed by atoms with E-state index in [0.717, 1.165) is 58.4 Å². The Morgan fingerprint density at radius 1 is 0.897 bits per heavy atom. The van der Waals surface area contributed by atoms with Crippen LogP contribution in [-0.2, 0) is 11.3 Å². The molecule has 2 fully saturated rings. The molecule has 0 atom stereocenters. The number of amides is 3. The number of benzene rings is 2. The van der Waals surface area contributed by atoms with Crippen LogP contribution < -0.4 is 20.4 Å². The van der Waals surface area contributed by atoms with E-state index in [9.17, 15) is 9.59 Å². The first-order valence-corrected chi connectivity index (χ1v) is 10.9. The van der Waals surface area contributed by atoms with Gasteiger partial charge in [0.1, 0.15) is 32.7 Å². The van der Waals surface area contributed by atoms with Crippen LogP contribution in [0.1, 0.15) is 31.2 Å². The number of urea groups is 1. The highest BCUT2D eigenvalue weighted by molar-refractivity contribution is 5.94. The molecule has 0 spiro atoms. The van der Waals surface area contributed by atoms with Gasteiger partial charge in [-0.2, -0.15) is 0 Å². The Morgan fingerprint density at radius 2 is 1.59 bits per heavy atom. The molecule has 154 valence electrons. The highest BCUT2D eigenvalue weighted by Gasteiger charge is 2.26. The molecule has 0 unspecified atom stereocenters. The van der Waals surface area contributed by atoms with Gasteiger partial charge >= 0.3 is 6.03 Å². The fraction of sp³-hybridized carbons (Fsp3) is 0.478. The molecule has 0 aromatic heterocycles. The summed E-state index contributed by atoms with van der Waals surface area (Å²) < 4.78 is 0. The van der Waals surface area contributed by atoms with Crippen molar-refractivity contribution in [3.63, 3.8) is 0 Å². The molecule has 1 heterocycles. The van der Waals surface area contributed by atoms with E-state index >= 15 is 0 Å². The lowest BCUT2D eigenvalue weighted by Crippen LogP contribution is -3.28. The minimum Gasteiger partial charge on any atom is -0.335 e. The number of carbonyl (C=O) groups excluding carboxylic acids is 2. The van der Waals surface area contributed by atoms with Crippen molar-refractivity contribution in [3.05, 3.63) is 48.0 Å². The van der Waals surface area contributed by atoms with E-state index in [1.165, 1.54) is 21.2 Å². The zero-order valence-electron chi connectivity index (χ0n) is 17.0. The normalized spacial score (nSPS) is 22.5. The number of hydrogen-bond acceptors (Lipinski definition) is 2. The summed E-state index contributed by atoms with van der Waals surface area (Å²) in [5.41, 5.74) is 1.39. The number of carbonyl (C=O) groups is 2. The summed E-state index contributed by atoms with van der Waals surface area (Å²) in [5.74, 6) is -0.173. The lowest BCUT2D eigenvalue weighted by atomic mass is 10.0. The number of hydrogen-bond donors (Lipinski definition) is 4. The van der Waals surface area contributed by atoms with Crippen LogP contribution >= 0.6 is 0 Å². The smallest absolute Gasteiger partial charge is 0.321 e. The quantitative estimate of drug-likeness (QED) is 0.570. The Bertz CT molecular complexity index is 850. The van der Waals surface area contributed by atoms with Gasteiger partial charge < -0.3 is 15.1 Å². The van der Waals surface area contributed by atoms with E-state index < -0.39 is 0 Å². The molecule has 2 aromatic carbocycles. The molecule has 3 amide bonds. The summed E-state index contributed by atoms with van der Waals surface area (Å²) in [5, 5.41) is 8.05. The van der Waals surface area contributed by atoms with Gasteiger partial charge in [-0.15, -0.1) is 0 Å². The minimum atomic E-state index is -0.332. The van der Waals surface area contributed by atoms with Crippen molar-refractivity contribution in [1.29, 1.82) is 0 Å². The van der Waals surface area contributed by atoms with Gasteiger partial charge in [0.15, 0.2) is 6.54 Å². The molecule has 4 rings (SSSR count). The lowest BCUT2D eigenvalue weighted by Gasteiger charge is -2.29. The SMILES string of the molecule is O=C(C[NH+]1CC[NH+](Cc2cccc3ccccc23)CC1)NC(=O)NC1CCCC1. The third-order valence-corrected chi connectivity index (χ3v) is 6.34. The topological polar surface area (TPSA) is 67.1 Å². The van der Waals surface area contributed by atoms with E-state index in [2.05, 4.69) is 53.1 Å². The van der Waals surface area contributed by atoms with Gasteiger partial charge in [-0.1, -0.05) is 55.3 Å². The molecule has 1 aliphatic carbocycles. The first-order valence-electron chi connectivity index (χ1n) is 10.9. The van der Waals surface area contributed by atoms with Crippen LogP contribution in [0.25, 0.3) is 10.8 Å². The molecule has 0 bridgehead atoms. The third-order valence-electron chi connectivity index (χ3n) is 6.34. The van der Waals surface area contributed by atoms with E-state index in [0.29, 0.717) is 6.54 Å². The van der Waals surface area contributed by atoms with Crippen LogP contribution in [0.2, 0.25) is 0 Å². The van der Waals surface area contributed by atoms with Gasteiger partial charge in [-0.25, -0.2) is 4.79 Å². The molecule has 29 heavy (non-hydrogen) atoms. The maximum absolute atomic E-state index is 12.2. The number of fused-ring (bicyclic) bond motifs is 1. The summed E-state index contributed by atoms with van der Waals surface area (Å²) in [7, 11) is 0. The highest BCUT2D eigenvalue weighted by atomic mass is 16.2. The molecule has 6 heteroatoms. The van der Waals surface area contributed by atoms with Crippen molar-refractivity contribution >= 4 is 22.7 Å². The van der Waals surface area contributed by atoms with Crippen LogP contribution in [0.5, 0.6) is 0 Å². The van der Waals surface area contributed by atoms with Crippen LogP contribution in [-0.4, -0.2) is 50.7 Å². The largest absolute Gasteiger partial charge is 0.335 e. The van der Waals surface area contributed by atoms with E-state index in [-0.39, 0.29) is 18.0 Å². The summed E-state index contributed by atoms with van der Waals surface area (Å²) in [4.78, 5) is 27.0. The maximum Gasteiger partial charge on any atom is 0.321 e. The summed E-state index contributed by atoms with van der Waals surface area (Å²) in [6.45, 7) is 5.39. The molecule has 1 saturated heterocycles. The average molecular weight is 397 g/mol. The number of imide groups is 1. The minimum absolute atomic E-state index is 0.173.